The third kappa shape index (κ3) is 5.28. The monoisotopic (exact) mass is 510 g/mol. The molecule has 2 amide bonds. The molecule has 0 atom stereocenters. The molecule has 0 spiro atoms. The van der Waals surface area contributed by atoms with Gasteiger partial charge >= 0.3 is 5.97 Å². The quantitative estimate of drug-likeness (QED) is 0.458. The summed E-state index contributed by atoms with van der Waals surface area (Å²) in [5.41, 5.74) is 2.22. The highest BCUT2D eigenvalue weighted by molar-refractivity contribution is 6.30. The van der Waals surface area contributed by atoms with Crippen LogP contribution in [-0.2, 0) is 25.5 Å². The van der Waals surface area contributed by atoms with Gasteiger partial charge in [0.1, 0.15) is 5.75 Å². The number of likely N-dealkylation sites (tertiary alicyclic amines) is 1. The largest absolute Gasteiger partial charge is 0.497 e. The zero-order valence-corrected chi connectivity index (χ0v) is 21.0. The molecule has 3 aromatic rings. The molecule has 0 aliphatic carbocycles. The van der Waals surface area contributed by atoms with Gasteiger partial charge in [0.05, 0.1) is 19.0 Å². The van der Waals surface area contributed by atoms with Crippen LogP contribution in [0.25, 0.3) is 10.9 Å². The average Bonchev–Trinajstić information content (AvgIpc) is 2.99. The van der Waals surface area contributed by atoms with E-state index in [1.54, 1.807) is 54.0 Å². The summed E-state index contributed by atoms with van der Waals surface area (Å²) in [6.07, 6.45) is 2.55. The summed E-state index contributed by atoms with van der Waals surface area (Å²) in [6.45, 7) is 1.59. The van der Waals surface area contributed by atoms with Crippen molar-refractivity contribution in [3.63, 3.8) is 0 Å². The van der Waals surface area contributed by atoms with Gasteiger partial charge < -0.3 is 9.47 Å². The highest BCUT2D eigenvalue weighted by atomic mass is 35.5. The van der Waals surface area contributed by atoms with Crippen molar-refractivity contribution in [2.45, 2.75) is 39.0 Å². The summed E-state index contributed by atoms with van der Waals surface area (Å²) in [6, 6.07) is 11.8. The second-order valence-corrected chi connectivity index (χ2v) is 9.12. The fourth-order valence-electron chi connectivity index (χ4n) is 4.46. The Morgan fingerprint density at radius 2 is 1.78 bits per heavy atom. The summed E-state index contributed by atoms with van der Waals surface area (Å²) >= 11 is 5.97. The molecule has 9 heteroatoms. The molecule has 1 aliphatic heterocycles. The van der Waals surface area contributed by atoms with Crippen LogP contribution in [-0.4, -0.2) is 53.4 Å². The van der Waals surface area contributed by atoms with Gasteiger partial charge in [-0.3, -0.25) is 28.6 Å². The van der Waals surface area contributed by atoms with Crippen LogP contribution in [0.4, 0.5) is 0 Å². The van der Waals surface area contributed by atoms with Crippen molar-refractivity contribution in [1.29, 1.82) is 0 Å². The molecule has 0 unspecified atom stereocenters. The van der Waals surface area contributed by atoms with E-state index >= 15 is 0 Å². The zero-order chi connectivity index (χ0) is 25.8. The first-order valence-electron chi connectivity index (χ1n) is 11.8. The van der Waals surface area contributed by atoms with E-state index in [-0.39, 0.29) is 18.2 Å². The molecular formula is C27H27ClN2O6. The van der Waals surface area contributed by atoms with Crippen LogP contribution in [0.2, 0.25) is 5.02 Å². The highest BCUT2D eigenvalue weighted by Crippen LogP contribution is 2.31. The number of rotatable bonds is 6. The lowest BCUT2D eigenvalue weighted by Crippen LogP contribution is -2.39. The molecule has 0 radical (unpaired) electrons. The summed E-state index contributed by atoms with van der Waals surface area (Å²) in [5, 5.41) is 1.19. The van der Waals surface area contributed by atoms with E-state index in [9.17, 15) is 19.2 Å². The molecule has 0 saturated carbocycles. The van der Waals surface area contributed by atoms with Crippen molar-refractivity contribution < 1.29 is 28.7 Å². The zero-order valence-electron chi connectivity index (χ0n) is 20.2. The maximum Gasteiger partial charge on any atom is 0.310 e. The smallest absolute Gasteiger partial charge is 0.310 e. The lowest BCUT2D eigenvalue weighted by molar-refractivity contribution is -0.155. The van der Waals surface area contributed by atoms with Crippen molar-refractivity contribution >= 4 is 46.2 Å². The molecule has 1 saturated heterocycles. The van der Waals surface area contributed by atoms with Crippen molar-refractivity contribution in [3.8, 4) is 5.75 Å². The van der Waals surface area contributed by atoms with Crippen LogP contribution in [0.5, 0.6) is 5.75 Å². The van der Waals surface area contributed by atoms with Crippen LogP contribution in [0.15, 0.2) is 42.5 Å². The summed E-state index contributed by atoms with van der Waals surface area (Å²) in [7, 11) is 1.54. The number of benzene rings is 2. The Labute approximate surface area is 213 Å². The second-order valence-electron chi connectivity index (χ2n) is 8.68. The molecular weight excluding hydrogens is 484 g/mol. The van der Waals surface area contributed by atoms with Crippen molar-refractivity contribution in [1.82, 2.24) is 9.47 Å². The maximum atomic E-state index is 13.4. The first-order valence-corrected chi connectivity index (χ1v) is 12.1. The number of methoxy groups -OCH3 is 1. The standard InChI is InChI=1S/C27H27ClN2O6/c1-17-21(15-26(33)36-16-25(32)29-13-5-3-4-6-24(29)31)22-14-20(35-2)11-12-23(22)30(17)27(34)18-7-9-19(28)10-8-18/h7-12,14H,3-6,13,15-16H2,1-2H3. The number of hydrogen-bond donors (Lipinski definition) is 0. The molecule has 0 N–H and O–H groups in total. The topological polar surface area (TPSA) is 94.9 Å². The van der Waals surface area contributed by atoms with E-state index in [1.807, 2.05) is 0 Å². The molecule has 2 aromatic carbocycles. The first kappa shape index (κ1) is 25.4. The summed E-state index contributed by atoms with van der Waals surface area (Å²) in [4.78, 5) is 52.0. The summed E-state index contributed by atoms with van der Waals surface area (Å²) < 4.78 is 12.1. The molecule has 0 bridgehead atoms. The highest BCUT2D eigenvalue weighted by Gasteiger charge is 2.26. The van der Waals surface area contributed by atoms with E-state index in [0.29, 0.717) is 51.5 Å². The number of halogens is 1. The van der Waals surface area contributed by atoms with Gasteiger partial charge in [-0.25, -0.2) is 0 Å². The van der Waals surface area contributed by atoms with Gasteiger partial charge in [-0.05, 0) is 67.8 Å². The average molecular weight is 511 g/mol. The predicted molar refractivity (Wildman–Crippen MR) is 134 cm³/mol. The molecule has 2 heterocycles. The molecule has 1 fully saturated rings. The molecule has 188 valence electrons. The van der Waals surface area contributed by atoms with Crippen molar-refractivity contribution in [2.24, 2.45) is 0 Å². The van der Waals surface area contributed by atoms with Gasteiger partial charge in [-0.2, -0.15) is 0 Å². The Morgan fingerprint density at radius 3 is 2.50 bits per heavy atom. The Hall–Kier alpha value is -3.65. The lowest BCUT2D eigenvalue weighted by atomic mass is 10.1. The van der Waals surface area contributed by atoms with E-state index in [1.165, 1.54) is 12.0 Å². The predicted octanol–water partition coefficient (Wildman–Crippen LogP) is 4.32. The minimum atomic E-state index is -0.630. The van der Waals surface area contributed by atoms with Gasteiger partial charge in [0.15, 0.2) is 6.61 Å². The van der Waals surface area contributed by atoms with Crippen LogP contribution in [0, 0.1) is 6.92 Å². The minimum Gasteiger partial charge on any atom is -0.497 e. The molecule has 1 aliphatic rings. The number of aromatic nitrogens is 1. The van der Waals surface area contributed by atoms with E-state index in [0.717, 1.165) is 19.3 Å². The number of hydrogen-bond acceptors (Lipinski definition) is 6. The van der Waals surface area contributed by atoms with Crippen LogP contribution >= 0.6 is 11.6 Å². The summed E-state index contributed by atoms with van der Waals surface area (Å²) in [5.74, 6) is -1.08. The van der Waals surface area contributed by atoms with Crippen LogP contribution in [0.3, 0.4) is 0 Å². The fourth-order valence-corrected chi connectivity index (χ4v) is 4.58. The number of esters is 1. The normalized spacial score (nSPS) is 14.0. The molecule has 8 nitrogen and oxygen atoms in total. The van der Waals surface area contributed by atoms with Gasteiger partial charge in [0.2, 0.25) is 5.91 Å². The Morgan fingerprint density at radius 1 is 1.03 bits per heavy atom. The number of nitrogens with zero attached hydrogens (tertiary/aromatic N) is 2. The number of carbonyl (C=O) groups is 4. The number of fused-ring (bicyclic) bond motifs is 1. The second kappa shape index (κ2) is 11.0. The SMILES string of the molecule is COc1ccc2c(c1)c(CC(=O)OCC(=O)N1CCCCCC1=O)c(C)n2C(=O)c1ccc(Cl)cc1. The molecule has 1 aromatic heterocycles. The van der Waals surface area contributed by atoms with Crippen molar-refractivity contribution in [2.75, 3.05) is 20.3 Å². The Bertz CT molecular complexity index is 1330. The van der Waals surface area contributed by atoms with Crippen LogP contribution in [0.1, 0.15) is 47.3 Å². The Kier molecular flexibility index (Phi) is 7.74. The third-order valence-electron chi connectivity index (χ3n) is 6.39. The van der Waals surface area contributed by atoms with Gasteiger partial charge in [0.25, 0.3) is 11.8 Å². The minimum absolute atomic E-state index is 0.155. The van der Waals surface area contributed by atoms with Gasteiger partial charge in [-0.15, -0.1) is 0 Å². The number of amides is 2. The fraction of sp³-hybridized carbons (Fsp3) is 0.333. The van der Waals surface area contributed by atoms with Gasteiger partial charge in [0, 0.05) is 34.6 Å². The third-order valence-corrected chi connectivity index (χ3v) is 6.64. The number of ether oxygens (including phenoxy) is 2. The van der Waals surface area contributed by atoms with E-state index in [4.69, 9.17) is 21.1 Å². The molecule has 4 rings (SSSR count). The number of carbonyl (C=O) groups excluding carboxylic acids is 4. The number of imide groups is 1. The van der Waals surface area contributed by atoms with E-state index < -0.39 is 18.5 Å². The van der Waals surface area contributed by atoms with Crippen LogP contribution < -0.4 is 4.74 Å². The first-order chi connectivity index (χ1) is 17.3. The Balaban J connectivity index is 1.58. The van der Waals surface area contributed by atoms with Crippen molar-refractivity contribution in [3.05, 3.63) is 64.3 Å². The van der Waals surface area contributed by atoms with E-state index in [2.05, 4.69) is 0 Å². The maximum absolute atomic E-state index is 13.4. The lowest BCUT2D eigenvalue weighted by Gasteiger charge is -2.18. The van der Waals surface area contributed by atoms with Gasteiger partial charge in [-0.1, -0.05) is 18.0 Å². The molecule has 36 heavy (non-hydrogen) atoms.